The summed E-state index contributed by atoms with van der Waals surface area (Å²) in [4.78, 5) is 16.5. The predicted octanol–water partition coefficient (Wildman–Crippen LogP) is 4.08. The predicted molar refractivity (Wildman–Crippen MR) is 95.3 cm³/mol. The Labute approximate surface area is 142 Å². The van der Waals surface area contributed by atoms with Gasteiger partial charge in [0.1, 0.15) is 6.54 Å². The zero-order chi connectivity index (χ0) is 17.2. The lowest BCUT2D eigenvalue weighted by molar-refractivity contribution is 0.0958. The van der Waals surface area contributed by atoms with Crippen LogP contribution in [0.3, 0.4) is 0 Å². The largest absolute Gasteiger partial charge is 0.339 e. The number of carbonyl (C=O) groups is 1. The first-order valence-electron chi connectivity index (χ1n) is 8.23. The van der Waals surface area contributed by atoms with Crippen molar-refractivity contribution < 1.29 is 4.79 Å². The summed E-state index contributed by atoms with van der Waals surface area (Å²) in [6.45, 7) is 4.60. The summed E-state index contributed by atoms with van der Waals surface area (Å²) in [5.41, 5.74) is 4.28. The van der Waals surface area contributed by atoms with Gasteiger partial charge >= 0.3 is 0 Å². The van der Waals surface area contributed by atoms with Crippen molar-refractivity contribution in [3.8, 4) is 6.07 Å². The van der Waals surface area contributed by atoms with Gasteiger partial charge in [0.25, 0.3) is 5.91 Å². The van der Waals surface area contributed by atoms with Crippen LogP contribution in [0.2, 0.25) is 0 Å². The Kier molecular flexibility index (Phi) is 4.35. The molecule has 24 heavy (non-hydrogen) atoms. The second kappa shape index (κ2) is 6.45. The molecule has 0 saturated carbocycles. The normalized spacial score (nSPS) is 16.3. The average molecular weight is 319 g/mol. The first-order chi connectivity index (χ1) is 11.5. The summed E-state index contributed by atoms with van der Waals surface area (Å²) in [7, 11) is 0. The van der Waals surface area contributed by atoms with E-state index >= 15 is 0 Å². The van der Waals surface area contributed by atoms with Crippen LogP contribution in [0.15, 0.2) is 36.5 Å². The number of hydrogen-bond acceptors (Lipinski definition) is 3. The van der Waals surface area contributed by atoms with Crippen LogP contribution in [-0.4, -0.2) is 17.4 Å². The number of fused-ring (bicyclic) bond motifs is 1. The van der Waals surface area contributed by atoms with E-state index in [-0.39, 0.29) is 12.5 Å². The second-order valence-electron chi connectivity index (χ2n) is 7.04. The second-order valence-corrected chi connectivity index (χ2v) is 7.04. The third-order valence-electron chi connectivity index (χ3n) is 4.62. The lowest BCUT2D eigenvalue weighted by Gasteiger charge is -2.29. The number of pyridine rings is 1. The first-order valence-corrected chi connectivity index (χ1v) is 8.23. The molecule has 0 radical (unpaired) electrons. The first kappa shape index (κ1) is 16.2. The number of allylic oxidation sites excluding steroid dienone is 2. The quantitative estimate of drug-likeness (QED) is 0.867. The summed E-state index contributed by atoms with van der Waals surface area (Å²) in [5.74, 6) is -0.269. The molecular formula is C20H21N3O. The minimum atomic E-state index is -0.269. The molecular weight excluding hydrogens is 298 g/mol. The third-order valence-corrected chi connectivity index (χ3v) is 4.62. The van der Waals surface area contributed by atoms with Crippen molar-refractivity contribution in [2.75, 3.05) is 6.54 Å². The molecule has 2 aromatic rings. The van der Waals surface area contributed by atoms with E-state index in [0.29, 0.717) is 11.0 Å². The van der Waals surface area contributed by atoms with E-state index in [0.717, 1.165) is 29.3 Å². The molecule has 1 amide bonds. The molecule has 0 fully saturated rings. The zero-order valence-corrected chi connectivity index (χ0v) is 14.1. The van der Waals surface area contributed by atoms with Crippen LogP contribution in [0, 0.1) is 16.7 Å². The average Bonchev–Trinajstić information content (AvgIpc) is 2.59. The van der Waals surface area contributed by atoms with Crippen molar-refractivity contribution in [3.63, 3.8) is 0 Å². The maximum atomic E-state index is 12.0. The summed E-state index contributed by atoms with van der Waals surface area (Å²) in [5, 5.41) is 12.1. The van der Waals surface area contributed by atoms with Crippen LogP contribution in [0.4, 0.5) is 0 Å². The highest BCUT2D eigenvalue weighted by Gasteiger charge is 2.22. The fourth-order valence-electron chi connectivity index (χ4n) is 3.09. The number of amides is 1. The van der Waals surface area contributed by atoms with E-state index in [2.05, 4.69) is 36.3 Å². The van der Waals surface area contributed by atoms with Crippen molar-refractivity contribution in [2.45, 2.75) is 33.1 Å². The number of rotatable bonds is 3. The maximum Gasteiger partial charge on any atom is 0.253 e. The monoisotopic (exact) mass is 319 g/mol. The molecule has 4 heteroatoms. The van der Waals surface area contributed by atoms with E-state index in [1.807, 2.05) is 24.3 Å². The van der Waals surface area contributed by atoms with E-state index in [4.69, 9.17) is 5.26 Å². The molecule has 0 unspecified atom stereocenters. The Balaban J connectivity index is 1.96. The smallest absolute Gasteiger partial charge is 0.253 e. The molecule has 0 atom stereocenters. The number of benzene rings is 1. The van der Waals surface area contributed by atoms with Crippen molar-refractivity contribution in [3.05, 3.63) is 47.7 Å². The number of hydrogen-bond donors (Lipinski definition) is 1. The van der Waals surface area contributed by atoms with E-state index in [1.54, 1.807) is 6.20 Å². The van der Waals surface area contributed by atoms with Gasteiger partial charge in [0.2, 0.25) is 0 Å². The van der Waals surface area contributed by atoms with Crippen LogP contribution in [-0.2, 0) is 0 Å². The molecule has 4 nitrogen and oxygen atoms in total. The van der Waals surface area contributed by atoms with Gasteiger partial charge in [-0.15, -0.1) is 0 Å². The van der Waals surface area contributed by atoms with Crippen LogP contribution in [0.5, 0.6) is 0 Å². The maximum absolute atomic E-state index is 12.0. The van der Waals surface area contributed by atoms with Crippen molar-refractivity contribution in [2.24, 2.45) is 5.41 Å². The van der Waals surface area contributed by atoms with Gasteiger partial charge in [-0.3, -0.25) is 9.78 Å². The molecule has 1 aliphatic carbocycles. The Hall–Kier alpha value is -2.67. The Morgan fingerprint density at radius 1 is 1.42 bits per heavy atom. The van der Waals surface area contributed by atoms with E-state index in [9.17, 15) is 4.79 Å². The molecule has 122 valence electrons. The minimum Gasteiger partial charge on any atom is -0.339 e. The molecule has 0 saturated heterocycles. The number of nitriles is 1. The molecule has 1 heterocycles. The van der Waals surface area contributed by atoms with Crippen LogP contribution in [0.1, 0.15) is 49.0 Å². The number of para-hydroxylation sites is 1. The molecule has 0 bridgehead atoms. The van der Waals surface area contributed by atoms with Crippen molar-refractivity contribution in [1.29, 1.82) is 5.26 Å². The highest BCUT2D eigenvalue weighted by atomic mass is 16.1. The minimum absolute atomic E-state index is 0.000415. The summed E-state index contributed by atoms with van der Waals surface area (Å²) >= 11 is 0. The number of carbonyl (C=O) groups excluding carboxylic acids is 1. The van der Waals surface area contributed by atoms with Gasteiger partial charge in [-0.2, -0.15) is 5.26 Å². The Bertz CT molecular complexity index is 859. The lowest BCUT2D eigenvalue weighted by Crippen LogP contribution is -2.23. The van der Waals surface area contributed by atoms with Gasteiger partial charge in [-0.25, -0.2) is 0 Å². The van der Waals surface area contributed by atoms with Gasteiger partial charge in [0.05, 0.1) is 17.1 Å². The number of nitrogens with zero attached hydrogens (tertiary/aromatic N) is 2. The van der Waals surface area contributed by atoms with Gasteiger partial charge in [-0.05, 0) is 36.3 Å². The Morgan fingerprint density at radius 2 is 2.25 bits per heavy atom. The van der Waals surface area contributed by atoms with Crippen LogP contribution < -0.4 is 5.32 Å². The van der Waals surface area contributed by atoms with E-state index < -0.39 is 0 Å². The van der Waals surface area contributed by atoms with Crippen molar-refractivity contribution in [1.82, 2.24) is 10.3 Å². The van der Waals surface area contributed by atoms with Gasteiger partial charge in [-0.1, -0.05) is 38.1 Å². The molecule has 1 N–H and O–H groups in total. The van der Waals surface area contributed by atoms with E-state index in [1.165, 1.54) is 12.0 Å². The molecule has 0 aliphatic heterocycles. The summed E-state index contributed by atoms with van der Waals surface area (Å²) in [6.07, 6.45) is 7.22. The van der Waals surface area contributed by atoms with Gasteiger partial charge in [0.15, 0.2) is 0 Å². The topological polar surface area (TPSA) is 65.8 Å². The highest BCUT2D eigenvalue weighted by molar-refractivity contribution is 5.99. The summed E-state index contributed by atoms with van der Waals surface area (Å²) < 4.78 is 0. The number of nitrogens with one attached hydrogen (secondary N) is 1. The molecule has 3 rings (SSSR count). The van der Waals surface area contributed by atoms with Crippen LogP contribution >= 0.6 is 0 Å². The molecule has 1 aromatic heterocycles. The third kappa shape index (κ3) is 3.30. The fourth-order valence-corrected chi connectivity index (χ4v) is 3.09. The zero-order valence-electron chi connectivity index (χ0n) is 14.1. The van der Waals surface area contributed by atoms with Gasteiger partial charge < -0.3 is 5.32 Å². The standard InChI is InChI=1S/C20H21N3O/c1-20(2)8-6-14(7-9-20)17-5-3-4-15-12-16(13-23-18(15)17)19(24)22-11-10-21/h3-6,12-13H,7-9,11H2,1-2H3,(H,22,24). The van der Waals surface area contributed by atoms with Crippen molar-refractivity contribution >= 4 is 22.4 Å². The molecule has 0 spiro atoms. The fraction of sp³-hybridized carbons (Fsp3) is 0.350. The Morgan fingerprint density at radius 3 is 2.96 bits per heavy atom. The van der Waals surface area contributed by atoms with Crippen LogP contribution in [0.25, 0.3) is 16.5 Å². The molecule has 1 aromatic carbocycles. The lowest BCUT2D eigenvalue weighted by atomic mass is 9.77. The highest BCUT2D eigenvalue weighted by Crippen LogP contribution is 2.39. The SMILES string of the molecule is CC1(C)CC=C(c2cccc3cc(C(=O)NCC#N)cnc23)CC1. The number of aromatic nitrogens is 1. The molecule has 1 aliphatic rings. The van der Waals surface area contributed by atoms with Gasteiger partial charge in [0, 0.05) is 17.1 Å². The summed E-state index contributed by atoms with van der Waals surface area (Å²) in [6, 6.07) is 9.83.